The zero-order valence-electron chi connectivity index (χ0n) is 17.4. The van der Waals surface area contributed by atoms with Crippen LogP contribution in [0.15, 0.2) is 35.5 Å². The highest BCUT2D eigenvalue weighted by Gasteiger charge is 2.34. The number of amides is 1. The van der Waals surface area contributed by atoms with Gasteiger partial charge in [0, 0.05) is 24.8 Å². The molecule has 9 nitrogen and oxygen atoms in total. The number of nitrogens with zero attached hydrogens (tertiary/aromatic N) is 5. The van der Waals surface area contributed by atoms with Gasteiger partial charge in [-0.3, -0.25) is 9.48 Å². The second kappa shape index (κ2) is 8.30. The Balaban J connectivity index is 1.57. The Bertz CT molecular complexity index is 1280. The van der Waals surface area contributed by atoms with E-state index in [9.17, 15) is 22.7 Å². The third-order valence-electron chi connectivity index (χ3n) is 5.59. The Kier molecular flexibility index (Phi) is 5.82. The quantitative estimate of drug-likeness (QED) is 0.577. The van der Waals surface area contributed by atoms with Crippen molar-refractivity contribution >= 4 is 27.5 Å². The molecule has 0 bridgehead atoms. The van der Waals surface area contributed by atoms with Gasteiger partial charge in [-0.25, -0.2) is 4.39 Å². The van der Waals surface area contributed by atoms with Crippen molar-refractivity contribution in [2.75, 3.05) is 6.61 Å². The Labute approximate surface area is 189 Å². The number of rotatable bonds is 6. The summed E-state index contributed by atoms with van der Waals surface area (Å²) < 4.78 is 42.3. The maximum Gasteiger partial charge on any atom is 0.286 e. The molecule has 1 aliphatic rings. The molecule has 0 unspecified atom stereocenters. The van der Waals surface area contributed by atoms with Crippen molar-refractivity contribution in [1.29, 1.82) is 0 Å². The topological polar surface area (TPSA) is 110 Å². The van der Waals surface area contributed by atoms with Crippen molar-refractivity contribution in [2.24, 2.45) is 0 Å². The first-order valence-electron chi connectivity index (χ1n) is 9.88. The number of carbonyl (C=O) groups is 1. The monoisotopic (exact) mass is 481 g/mol. The van der Waals surface area contributed by atoms with Crippen LogP contribution in [0.4, 0.5) is 4.39 Å². The van der Waals surface area contributed by atoms with Crippen LogP contribution in [0.3, 0.4) is 0 Å². The van der Waals surface area contributed by atoms with E-state index in [0.717, 1.165) is 4.09 Å². The molecular weight excluding hydrogens is 461 g/mol. The van der Waals surface area contributed by atoms with E-state index in [1.54, 1.807) is 11.6 Å². The van der Waals surface area contributed by atoms with Gasteiger partial charge in [0.2, 0.25) is 5.91 Å². The largest absolute Gasteiger partial charge is 0.395 e. The lowest BCUT2D eigenvalue weighted by Gasteiger charge is -2.23. The number of hydrogen-bond donors (Lipinski definition) is 1. The first kappa shape index (κ1) is 22.4. The fourth-order valence-corrected chi connectivity index (χ4v) is 5.42. The standard InChI is InChI=1S/C20H21ClFN5O4S/c1-3-26-12(2)18(7-23-26)32(30,31)27-9-13-8-25(10-17(13)24-27)20(29)15(11-28)14-5-4-6-16(22)19(14)21/h4-7,9,15,28H,3,8,10-11H2,1-2H3/t15-/m1/s1. The Hall–Kier alpha value is -2.76. The Morgan fingerprint density at radius 3 is 2.72 bits per heavy atom. The number of benzene rings is 1. The second-order valence-electron chi connectivity index (χ2n) is 7.46. The summed E-state index contributed by atoms with van der Waals surface area (Å²) in [6.45, 7) is 3.70. The van der Waals surface area contributed by atoms with Gasteiger partial charge in [-0.1, -0.05) is 23.7 Å². The van der Waals surface area contributed by atoms with Crippen molar-refractivity contribution < 1.29 is 22.7 Å². The predicted octanol–water partition coefficient (Wildman–Crippen LogP) is 2.06. The lowest BCUT2D eigenvalue weighted by molar-refractivity contribution is -0.134. The smallest absolute Gasteiger partial charge is 0.286 e. The Morgan fingerprint density at radius 1 is 1.34 bits per heavy atom. The van der Waals surface area contributed by atoms with Crippen LogP contribution in [0.2, 0.25) is 5.02 Å². The van der Waals surface area contributed by atoms with E-state index < -0.39 is 34.3 Å². The van der Waals surface area contributed by atoms with E-state index in [-0.39, 0.29) is 28.6 Å². The number of aryl methyl sites for hydroxylation is 1. The molecular formula is C20H21ClFN5O4S. The zero-order valence-corrected chi connectivity index (χ0v) is 18.9. The molecule has 1 N–H and O–H groups in total. The van der Waals surface area contributed by atoms with E-state index in [2.05, 4.69) is 10.2 Å². The number of aliphatic hydroxyl groups excluding tert-OH is 1. The fourth-order valence-electron chi connectivity index (χ4n) is 3.83. The molecule has 1 amide bonds. The number of aromatic nitrogens is 4. The van der Waals surface area contributed by atoms with E-state index >= 15 is 0 Å². The van der Waals surface area contributed by atoms with Crippen molar-refractivity contribution in [3.63, 3.8) is 0 Å². The average Bonchev–Trinajstić information content (AvgIpc) is 3.44. The van der Waals surface area contributed by atoms with Gasteiger partial charge in [0.1, 0.15) is 10.7 Å². The van der Waals surface area contributed by atoms with Crippen molar-refractivity contribution in [3.05, 3.63) is 63.9 Å². The van der Waals surface area contributed by atoms with Crippen LogP contribution in [0, 0.1) is 12.7 Å². The third-order valence-corrected chi connectivity index (χ3v) is 7.62. The summed E-state index contributed by atoms with van der Waals surface area (Å²) in [6.07, 6.45) is 2.68. The highest BCUT2D eigenvalue weighted by molar-refractivity contribution is 7.89. The lowest BCUT2D eigenvalue weighted by atomic mass is 9.98. The number of fused-ring (bicyclic) bond motifs is 1. The summed E-state index contributed by atoms with van der Waals surface area (Å²) in [6, 6.07) is 4.08. The van der Waals surface area contributed by atoms with Gasteiger partial charge >= 0.3 is 0 Å². The first-order chi connectivity index (χ1) is 15.2. The van der Waals surface area contributed by atoms with E-state index in [0.29, 0.717) is 23.5 Å². The summed E-state index contributed by atoms with van der Waals surface area (Å²) >= 11 is 5.99. The highest BCUT2D eigenvalue weighted by Crippen LogP contribution is 2.31. The molecule has 0 saturated heterocycles. The molecule has 32 heavy (non-hydrogen) atoms. The van der Waals surface area contributed by atoms with E-state index in [4.69, 9.17) is 11.6 Å². The molecule has 1 aliphatic heterocycles. The molecule has 0 saturated carbocycles. The van der Waals surface area contributed by atoms with Crippen LogP contribution in [0.1, 0.15) is 35.4 Å². The van der Waals surface area contributed by atoms with Crippen LogP contribution in [0.25, 0.3) is 0 Å². The number of aliphatic hydroxyl groups is 1. The molecule has 2 aromatic heterocycles. The van der Waals surface area contributed by atoms with Crippen LogP contribution < -0.4 is 0 Å². The molecule has 170 valence electrons. The molecule has 4 rings (SSSR count). The minimum absolute atomic E-state index is 0.0628. The second-order valence-corrected chi connectivity index (χ2v) is 9.60. The van der Waals surface area contributed by atoms with Crippen molar-refractivity contribution in [2.45, 2.75) is 44.3 Å². The van der Waals surface area contributed by atoms with Gasteiger partial charge in [-0.2, -0.15) is 22.7 Å². The van der Waals surface area contributed by atoms with E-state index in [1.807, 2.05) is 6.92 Å². The van der Waals surface area contributed by atoms with E-state index in [1.165, 1.54) is 35.5 Å². The third kappa shape index (κ3) is 3.59. The van der Waals surface area contributed by atoms with Gasteiger partial charge in [0.15, 0.2) is 0 Å². The minimum atomic E-state index is -3.93. The lowest BCUT2D eigenvalue weighted by Crippen LogP contribution is -2.33. The van der Waals surface area contributed by atoms with Gasteiger partial charge in [-0.15, -0.1) is 0 Å². The van der Waals surface area contributed by atoms with Gasteiger partial charge in [0.05, 0.1) is 41.7 Å². The zero-order chi connectivity index (χ0) is 23.2. The van der Waals surface area contributed by atoms with Crippen molar-refractivity contribution in [3.8, 4) is 0 Å². The van der Waals surface area contributed by atoms with Crippen molar-refractivity contribution in [1.82, 2.24) is 23.9 Å². The normalized spacial score (nSPS) is 14.6. The minimum Gasteiger partial charge on any atom is -0.395 e. The number of hydrogen-bond acceptors (Lipinski definition) is 6. The molecule has 0 radical (unpaired) electrons. The predicted molar refractivity (Wildman–Crippen MR) is 113 cm³/mol. The van der Waals surface area contributed by atoms with Crippen LogP contribution >= 0.6 is 11.6 Å². The molecule has 3 heterocycles. The molecule has 0 aliphatic carbocycles. The molecule has 1 atom stereocenters. The summed E-state index contributed by atoms with van der Waals surface area (Å²) in [5.74, 6) is -2.17. The molecule has 0 spiro atoms. The summed E-state index contributed by atoms with van der Waals surface area (Å²) in [5.41, 5.74) is 1.71. The Morgan fingerprint density at radius 2 is 2.09 bits per heavy atom. The maximum atomic E-state index is 13.8. The summed E-state index contributed by atoms with van der Waals surface area (Å²) in [7, 11) is -3.93. The van der Waals surface area contributed by atoms with Crippen LogP contribution in [-0.2, 0) is 34.5 Å². The molecule has 1 aromatic carbocycles. The van der Waals surface area contributed by atoms with Gasteiger partial charge < -0.3 is 10.0 Å². The SMILES string of the molecule is CCn1ncc(S(=O)(=O)n2cc3c(n2)CN(C(=O)[C@H](CO)c2cccc(F)c2Cl)C3)c1C. The van der Waals surface area contributed by atoms with Crippen LogP contribution in [-0.4, -0.2) is 49.9 Å². The fraction of sp³-hybridized carbons (Fsp3) is 0.350. The molecule has 3 aromatic rings. The molecule has 0 fully saturated rings. The summed E-state index contributed by atoms with van der Waals surface area (Å²) in [4.78, 5) is 14.5. The van der Waals surface area contributed by atoms with Gasteiger partial charge in [-0.05, 0) is 25.5 Å². The van der Waals surface area contributed by atoms with Crippen LogP contribution in [0.5, 0.6) is 0 Å². The highest BCUT2D eigenvalue weighted by atomic mass is 35.5. The number of halogens is 2. The van der Waals surface area contributed by atoms with Gasteiger partial charge in [0.25, 0.3) is 10.0 Å². The first-order valence-corrected chi connectivity index (χ1v) is 11.7. The summed E-state index contributed by atoms with van der Waals surface area (Å²) in [5, 5.41) is 17.8. The average molecular weight is 482 g/mol. The molecule has 12 heteroatoms. The number of carbonyl (C=O) groups excluding carboxylic acids is 1. The maximum absolute atomic E-state index is 13.8.